The fraction of sp³-hybridized carbons (Fsp3) is 1.00. The molecule has 3 nitrogen and oxygen atoms in total. The number of hydrogen-bond acceptors (Lipinski definition) is 3. The highest BCUT2D eigenvalue weighted by Crippen LogP contribution is 2.00. The summed E-state index contributed by atoms with van der Waals surface area (Å²) in [5, 5.41) is 3.42. The van der Waals surface area contributed by atoms with E-state index < -0.39 is 0 Å². The van der Waals surface area contributed by atoms with Gasteiger partial charge in [0.25, 0.3) is 0 Å². The quantitative estimate of drug-likeness (QED) is 0.610. The van der Waals surface area contributed by atoms with E-state index in [0.717, 1.165) is 13.1 Å². The van der Waals surface area contributed by atoms with E-state index in [1.165, 1.54) is 51.9 Å². The zero-order valence-corrected chi connectivity index (χ0v) is 8.60. The van der Waals surface area contributed by atoms with Crippen molar-refractivity contribution < 1.29 is 0 Å². The van der Waals surface area contributed by atoms with E-state index in [4.69, 9.17) is 5.73 Å². The molecule has 0 amide bonds. The summed E-state index contributed by atoms with van der Waals surface area (Å²) in [5.74, 6) is 0. The molecule has 0 radical (unpaired) electrons. The average molecular weight is 185 g/mol. The van der Waals surface area contributed by atoms with Gasteiger partial charge >= 0.3 is 0 Å². The normalized spacial score (nSPS) is 20.1. The Balaban J connectivity index is 1.98. The summed E-state index contributed by atoms with van der Waals surface area (Å²) in [6.07, 6.45) is 5.10. The van der Waals surface area contributed by atoms with Gasteiger partial charge in [-0.15, -0.1) is 0 Å². The van der Waals surface area contributed by atoms with Gasteiger partial charge in [-0.25, -0.2) is 0 Å². The van der Waals surface area contributed by atoms with E-state index in [1.54, 1.807) is 0 Å². The molecule has 0 aromatic rings. The van der Waals surface area contributed by atoms with E-state index >= 15 is 0 Å². The van der Waals surface area contributed by atoms with Crippen molar-refractivity contribution in [2.75, 3.05) is 39.3 Å². The van der Waals surface area contributed by atoms with Crippen LogP contribution in [0.3, 0.4) is 0 Å². The highest BCUT2D eigenvalue weighted by atomic mass is 15.1. The maximum absolute atomic E-state index is 5.45. The first-order chi connectivity index (χ1) is 6.43. The molecule has 3 heteroatoms. The average Bonchev–Trinajstić information content (AvgIpc) is 2.41. The van der Waals surface area contributed by atoms with Crippen LogP contribution in [0.15, 0.2) is 0 Å². The van der Waals surface area contributed by atoms with Crippen molar-refractivity contribution in [1.29, 1.82) is 0 Å². The van der Waals surface area contributed by atoms with Gasteiger partial charge in [0.2, 0.25) is 0 Å². The highest BCUT2D eigenvalue weighted by Gasteiger charge is 2.06. The van der Waals surface area contributed by atoms with Gasteiger partial charge in [-0.3, -0.25) is 0 Å². The smallest absolute Gasteiger partial charge is 0.0107 e. The molecule has 78 valence electrons. The van der Waals surface area contributed by atoms with Crippen LogP contribution in [0.25, 0.3) is 0 Å². The molecule has 1 aliphatic rings. The molecule has 13 heavy (non-hydrogen) atoms. The Morgan fingerprint density at radius 1 is 1.08 bits per heavy atom. The minimum Gasteiger partial charge on any atom is -0.330 e. The lowest BCUT2D eigenvalue weighted by Gasteiger charge is -2.18. The van der Waals surface area contributed by atoms with Crippen molar-refractivity contribution in [3.8, 4) is 0 Å². The lowest BCUT2D eigenvalue weighted by molar-refractivity contribution is 0.285. The molecule has 1 heterocycles. The van der Waals surface area contributed by atoms with Crippen LogP contribution in [-0.4, -0.2) is 44.2 Å². The molecular weight excluding hydrogens is 162 g/mol. The largest absolute Gasteiger partial charge is 0.330 e. The number of nitrogens with one attached hydrogen (secondary N) is 1. The van der Waals surface area contributed by atoms with E-state index in [0.29, 0.717) is 0 Å². The predicted octanol–water partition coefficient (Wildman–Crippen LogP) is 0.411. The van der Waals surface area contributed by atoms with E-state index in [9.17, 15) is 0 Å². The molecule has 1 fully saturated rings. The van der Waals surface area contributed by atoms with E-state index in [-0.39, 0.29) is 0 Å². The van der Waals surface area contributed by atoms with Crippen molar-refractivity contribution in [2.45, 2.75) is 25.7 Å². The molecular formula is C10H23N3. The lowest BCUT2D eigenvalue weighted by atomic mass is 10.2. The SMILES string of the molecule is NCCCCCN1CCCNCC1. The van der Waals surface area contributed by atoms with Crippen molar-refractivity contribution in [1.82, 2.24) is 10.2 Å². The third-order valence-electron chi connectivity index (χ3n) is 2.61. The first kappa shape index (κ1) is 11.0. The first-order valence-electron chi connectivity index (χ1n) is 5.56. The summed E-state index contributed by atoms with van der Waals surface area (Å²) in [7, 11) is 0. The van der Waals surface area contributed by atoms with Crippen LogP contribution < -0.4 is 11.1 Å². The number of rotatable bonds is 5. The second kappa shape index (κ2) is 7.30. The summed E-state index contributed by atoms with van der Waals surface area (Å²) in [6, 6.07) is 0. The molecule has 1 aliphatic heterocycles. The van der Waals surface area contributed by atoms with Gasteiger partial charge in [0.05, 0.1) is 0 Å². The topological polar surface area (TPSA) is 41.3 Å². The molecule has 0 aliphatic carbocycles. The third kappa shape index (κ3) is 5.24. The molecule has 0 atom stereocenters. The van der Waals surface area contributed by atoms with Crippen LogP contribution >= 0.6 is 0 Å². The van der Waals surface area contributed by atoms with Crippen LogP contribution in [0.4, 0.5) is 0 Å². The van der Waals surface area contributed by atoms with Gasteiger partial charge < -0.3 is 16.0 Å². The monoisotopic (exact) mass is 185 g/mol. The van der Waals surface area contributed by atoms with Crippen molar-refractivity contribution in [3.63, 3.8) is 0 Å². The van der Waals surface area contributed by atoms with Gasteiger partial charge in [-0.1, -0.05) is 6.42 Å². The maximum Gasteiger partial charge on any atom is 0.0107 e. The Labute approximate surface area is 81.7 Å². The summed E-state index contributed by atoms with van der Waals surface area (Å²) in [4.78, 5) is 2.57. The second-order valence-corrected chi connectivity index (χ2v) is 3.79. The number of unbranched alkanes of at least 4 members (excludes halogenated alkanes) is 2. The van der Waals surface area contributed by atoms with Gasteiger partial charge in [-0.05, 0) is 45.4 Å². The van der Waals surface area contributed by atoms with Crippen LogP contribution in [0.1, 0.15) is 25.7 Å². The van der Waals surface area contributed by atoms with Crippen LogP contribution in [-0.2, 0) is 0 Å². The van der Waals surface area contributed by atoms with Crippen molar-refractivity contribution >= 4 is 0 Å². The number of nitrogens with two attached hydrogens (primary N) is 1. The fourth-order valence-electron chi connectivity index (χ4n) is 1.78. The maximum atomic E-state index is 5.45. The molecule has 0 spiro atoms. The molecule has 0 aromatic carbocycles. The highest BCUT2D eigenvalue weighted by molar-refractivity contribution is 4.65. The van der Waals surface area contributed by atoms with Crippen LogP contribution in [0.5, 0.6) is 0 Å². The molecule has 3 N–H and O–H groups in total. The van der Waals surface area contributed by atoms with E-state index in [1.807, 2.05) is 0 Å². The first-order valence-corrected chi connectivity index (χ1v) is 5.56. The summed E-state index contributed by atoms with van der Waals surface area (Å²) >= 11 is 0. The predicted molar refractivity (Wildman–Crippen MR) is 56.8 cm³/mol. The standard InChI is InChI=1S/C10H23N3/c11-5-2-1-3-8-13-9-4-6-12-7-10-13/h12H,1-11H2. The van der Waals surface area contributed by atoms with Gasteiger partial charge in [0.15, 0.2) is 0 Å². The second-order valence-electron chi connectivity index (χ2n) is 3.79. The Bertz CT molecular complexity index is 109. The third-order valence-corrected chi connectivity index (χ3v) is 2.61. The summed E-state index contributed by atoms with van der Waals surface area (Å²) in [6.45, 7) is 6.97. The Morgan fingerprint density at radius 3 is 2.85 bits per heavy atom. The molecule has 0 aromatic heterocycles. The molecule has 1 rings (SSSR count). The Morgan fingerprint density at radius 2 is 2.00 bits per heavy atom. The van der Waals surface area contributed by atoms with Gasteiger partial charge in [-0.2, -0.15) is 0 Å². The molecule has 0 saturated carbocycles. The summed E-state index contributed by atoms with van der Waals surface area (Å²) < 4.78 is 0. The molecule has 1 saturated heterocycles. The van der Waals surface area contributed by atoms with Crippen molar-refractivity contribution in [2.24, 2.45) is 5.73 Å². The molecule has 0 bridgehead atoms. The number of nitrogens with zero attached hydrogens (tertiary/aromatic N) is 1. The van der Waals surface area contributed by atoms with Crippen LogP contribution in [0.2, 0.25) is 0 Å². The minimum absolute atomic E-state index is 0.849. The summed E-state index contributed by atoms with van der Waals surface area (Å²) in [5.41, 5.74) is 5.45. The van der Waals surface area contributed by atoms with Crippen molar-refractivity contribution in [3.05, 3.63) is 0 Å². The fourth-order valence-corrected chi connectivity index (χ4v) is 1.78. The zero-order chi connectivity index (χ0) is 9.36. The molecule has 0 unspecified atom stereocenters. The zero-order valence-electron chi connectivity index (χ0n) is 8.60. The van der Waals surface area contributed by atoms with Gasteiger partial charge in [0.1, 0.15) is 0 Å². The van der Waals surface area contributed by atoms with Crippen LogP contribution in [0, 0.1) is 0 Å². The van der Waals surface area contributed by atoms with Gasteiger partial charge in [0, 0.05) is 13.1 Å². The Kier molecular flexibility index (Phi) is 6.15. The lowest BCUT2D eigenvalue weighted by Crippen LogP contribution is -2.29. The number of hydrogen-bond donors (Lipinski definition) is 2. The van der Waals surface area contributed by atoms with E-state index in [2.05, 4.69) is 10.2 Å². The Hall–Kier alpha value is -0.120. The minimum atomic E-state index is 0.849.